The predicted octanol–water partition coefficient (Wildman–Crippen LogP) is 3.14. The lowest BCUT2D eigenvalue weighted by molar-refractivity contribution is -0.0481. The van der Waals surface area contributed by atoms with Gasteiger partial charge in [0.05, 0.1) is 25.9 Å². The van der Waals surface area contributed by atoms with Gasteiger partial charge in [-0.25, -0.2) is 4.79 Å². The van der Waals surface area contributed by atoms with Crippen molar-refractivity contribution in [2.24, 2.45) is 0 Å². The maximum Gasteiger partial charge on any atom is 0.322 e. The van der Waals surface area contributed by atoms with Gasteiger partial charge in [0.1, 0.15) is 0 Å². The van der Waals surface area contributed by atoms with E-state index in [1.807, 2.05) is 6.07 Å². The molecule has 5 heteroatoms. The Labute approximate surface area is 147 Å². The van der Waals surface area contributed by atoms with E-state index in [0.29, 0.717) is 26.3 Å². The van der Waals surface area contributed by atoms with Crippen LogP contribution in [-0.2, 0) is 15.9 Å². The number of urea groups is 1. The van der Waals surface area contributed by atoms with Crippen LogP contribution >= 0.6 is 0 Å². The molecule has 0 saturated carbocycles. The van der Waals surface area contributed by atoms with Crippen molar-refractivity contribution in [1.29, 1.82) is 0 Å². The predicted molar refractivity (Wildman–Crippen MR) is 96.9 cm³/mol. The van der Waals surface area contributed by atoms with Crippen LogP contribution in [0.3, 0.4) is 0 Å². The summed E-state index contributed by atoms with van der Waals surface area (Å²) in [6.07, 6.45) is 0.863. The molecule has 0 aromatic heterocycles. The zero-order valence-electron chi connectivity index (χ0n) is 14.3. The van der Waals surface area contributed by atoms with Gasteiger partial charge in [0.25, 0.3) is 0 Å². The molecule has 2 amide bonds. The van der Waals surface area contributed by atoms with Gasteiger partial charge >= 0.3 is 6.03 Å². The van der Waals surface area contributed by atoms with E-state index in [1.54, 1.807) is 12.0 Å². The number of amides is 2. The minimum Gasteiger partial charge on any atom is -0.382 e. The minimum atomic E-state index is -0.0835. The summed E-state index contributed by atoms with van der Waals surface area (Å²) < 4.78 is 10.7. The molecule has 0 spiro atoms. The van der Waals surface area contributed by atoms with Crippen LogP contribution in [0.5, 0.6) is 0 Å². The van der Waals surface area contributed by atoms with Gasteiger partial charge in [0, 0.05) is 19.3 Å². The van der Waals surface area contributed by atoms with E-state index in [-0.39, 0.29) is 12.1 Å². The molecular weight excluding hydrogens is 316 g/mol. The second kappa shape index (κ2) is 6.86. The molecule has 0 bridgehead atoms. The van der Waals surface area contributed by atoms with Crippen LogP contribution in [0.4, 0.5) is 10.5 Å². The molecule has 130 valence electrons. The number of carbonyl (C=O) groups excluding carboxylic acids is 1. The van der Waals surface area contributed by atoms with Crippen LogP contribution in [0, 0.1) is 0 Å². The first-order chi connectivity index (χ1) is 12.2. The number of benzene rings is 2. The second-order valence-electron chi connectivity index (χ2n) is 6.53. The Bertz CT molecular complexity index is 788. The van der Waals surface area contributed by atoms with E-state index in [9.17, 15) is 4.79 Å². The van der Waals surface area contributed by atoms with E-state index in [4.69, 9.17) is 9.47 Å². The van der Waals surface area contributed by atoms with Crippen LogP contribution in [0.2, 0.25) is 0 Å². The van der Waals surface area contributed by atoms with Gasteiger partial charge in [-0.1, -0.05) is 30.3 Å². The first-order valence-corrected chi connectivity index (χ1v) is 8.62. The number of morpholine rings is 1. The third kappa shape index (κ3) is 3.25. The van der Waals surface area contributed by atoms with E-state index < -0.39 is 0 Å². The molecule has 2 aromatic carbocycles. The van der Waals surface area contributed by atoms with Gasteiger partial charge in [-0.2, -0.15) is 0 Å². The Kier molecular flexibility index (Phi) is 4.42. The van der Waals surface area contributed by atoms with Gasteiger partial charge in [0.15, 0.2) is 0 Å². The topological polar surface area (TPSA) is 50.8 Å². The summed E-state index contributed by atoms with van der Waals surface area (Å²) in [5.74, 6) is 0. The van der Waals surface area contributed by atoms with E-state index in [0.717, 1.165) is 12.1 Å². The van der Waals surface area contributed by atoms with Crippen LogP contribution in [-0.4, -0.2) is 50.4 Å². The third-order valence-corrected chi connectivity index (χ3v) is 4.82. The lowest BCUT2D eigenvalue weighted by atomic mass is 10.1. The highest BCUT2D eigenvalue weighted by molar-refractivity contribution is 5.90. The largest absolute Gasteiger partial charge is 0.382 e. The van der Waals surface area contributed by atoms with E-state index in [1.165, 1.54) is 22.3 Å². The normalized spacial score (nSPS) is 18.6. The second-order valence-corrected chi connectivity index (χ2v) is 6.53. The number of nitrogens with one attached hydrogen (secondary N) is 1. The van der Waals surface area contributed by atoms with Crippen LogP contribution in [0.15, 0.2) is 42.5 Å². The number of hydrogen-bond donors (Lipinski definition) is 1. The average molecular weight is 338 g/mol. The smallest absolute Gasteiger partial charge is 0.322 e. The Hall–Kier alpha value is -2.37. The monoisotopic (exact) mass is 338 g/mol. The van der Waals surface area contributed by atoms with Gasteiger partial charge in [-0.05, 0) is 40.8 Å². The fraction of sp³-hybridized carbons (Fsp3) is 0.350. The molecule has 0 unspecified atom stereocenters. The molecule has 1 fully saturated rings. The molecular formula is C20H22N2O3. The molecule has 1 saturated heterocycles. The number of methoxy groups -OCH3 is 1. The Morgan fingerprint density at radius 2 is 2.08 bits per heavy atom. The fourth-order valence-electron chi connectivity index (χ4n) is 3.62. The summed E-state index contributed by atoms with van der Waals surface area (Å²) in [7, 11) is 1.64. The summed E-state index contributed by atoms with van der Waals surface area (Å²) in [6.45, 7) is 2.19. The number of carbonyl (C=O) groups is 1. The molecule has 4 rings (SSSR count). The van der Waals surface area contributed by atoms with E-state index >= 15 is 0 Å². The number of anilines is 1. The summed E-state index contributed by atoms with van der Waals surface area (Å²) in [5, 5.41) is 3.02. The molecule has 1 atom stereocenters. The van der Waals surface area contributed by atoms with Gasteiger partial charge < -0.3 is 19.7 Å². The first kappa shape index (κ1) is 16.1. The first-order valence-electron chi connectivity index (χ1n) is 8.62. The highest BCUT2D eigenvalue weighted by atomic mass is 16.5. The van der Waals surface area contributed by atoms with Crippen molar-refractivity contribution >= 4 is 11.7 Å². The molecule has 1 aliphatic carbocycles. The Morgan fingerprint density at radius 1 is 1.24 bits per heavy atom. The quantitative estimate of drug-likeness (QED) is 0.798. The van der Waals surface area contributed by atoms with Crippen molar-refractivity contribution in [3.8, 4) is 11.1 Å². The average Bonchev–Trinajstić information content (AvgIpc) is 3.00. The summed E-state index contributed by atoms with van der Waals surface area (Å²) >= 11 is 0. The maximum atomic E-state index is 12.6. The van der Waals surface area contributed by atoms with Crippen molar-refractivity contribution in [2.75, 3.05) is 38.7 Å². The number of fused-ring (bicyclic) bond motifs is 3. The van der Waals surface area contributed by atoms with Gasteiger partial charge in [0.2, 0.25) is 0 Å². The lowest BCUT2D eigenvalue weighted by Gasteiger charge is -2.32. The van der Waals surface area contributed by atoms with Crippen molar-refractivity contribution in [1.82, 2.24) is 4.90 Å². The molecule has 25 heavy (non-hydrogen) atoms. The van der Waals surface area contributed by atoms with Crippen molar-refractivity contribution in [3.63, 3.8) is 0 Å². The molecule has 1 aliphatic heterocycles. The highest BCUT2D eigenvalue weighted by Gasteiger charge is 2.25. The summed E-state index contributed by atoms with van der Waals surface area (Å²) in [4.78, 5) is 14.3. The van der Waals surface area contributed by atoms with Gasteiger partial charge in [-0.15, -0.1) is 0 Å². The van der Waals surface area contributed by atoms with Crippen molar-refractivity contribution < 1.29 is 14.3 Å². The third-order valence-electron chi connectivity index (χ3n) is 4.82. The van der Waals surface area contributed by atoms with Crippen LogP contribution < -0.4 is 5.32 Å². The molecule has 2 aliphatic rings. The van der Waals surface area contributed by atoms with Crippen molar-refractivity contribution in [2.45, 2.75) is 12.5 Å². The minimum absolute atomic E-state index is 0.0565. The lowest BCUT2D eigenvalue weighted by Crippen LogP contribution is -2.48. The standard InChI is InChI=1S/C20H22N2O3/c1-24-13-17-12-22(8-9-25-17)20(23)21-16-6-7-19-15(11-16)10-14-4-2-3-5-18(14)19/h2-7,11,17H,8-10,12-13H2,1H3,(H,21,23)/t17-/m1/s1. The van der Waals surface area contributed by atoms with Crippen LogP contribution in [0.25, 0.3) is 11.1 Å². The summed E-state index contributed by atoms with van der Waals surface area (Å²) in [5.41, 5.74) is 6.01. The summed E-state index contributed by atoms with van der Waals surface area (Å²) in [6, 6.07) is 14.5. The molecule has 0 radical (unpaired) electrons. The number of rotatable bonds is 3. The molecule has 1 heterocycles. The molecule has 2 aromatic rings. The SMILES string of the molecule is COC[C@H]1CN(C(=O)Nc2ccc3c(c2)Cc2ccccc2-3)CCO1. The van der Waals surface area contributed by atoms with E-state index in [2.05, 4.69) is 41.7 Å². The van der Waals surface area contributed by atoms with Crippen LogP contribution in [0.1, 0.15) is 11.1 Å². The zero-order chi connectivity index (χ0) is 17.2. The Morgan fingerprint density at radius 3 is 2.96 bits per heavy atom. The van der Waals surface area contributed by atoms with Crippen molar-refractivity contribution in [3.05, 3.63) is 53.6 Å². The fourth-order valence-corrected chi connectivity index (χ4v) is 3.62. The number of nitrogens with zero attached hydrogens (tertiary/aromatic N) is 1. The number of ether oxygens (including phenoxy) is 2. The molecule has 1 N–H and O–H groups in total. The maximum absolute atomic E-state index is 12.6. The highest BCUT2D eigenvalue weighted by Crippen LogP contribution is 2.37. The molecule has 5 nitrogen and oxygen atoms in total. The zero-order valence-corrected chi connectivity index (χ0v) is 14.3. The number of hydrogen-bond acceptors (Lipinski definition) is 3. The van der Waals surface area contributed by atoms with Gasteiger partial charge in [-0.3, -0.25) is 0 Å². The Balaban J connectivity index is 1.45.